The molecule has 0 bridgehead atoms. The molecule has 0 heterocycles. The number of amides is 1. The maximum atomic E-state index is 12.7. The molecule has 0 fully saturated rings. The first-order chi connectivity index (χ1) is 15.6. The van der Waals surface area contributed by atoms with E-state index < -0.39 is 23.3 Å². The summed E-state index contributed by atoms with van der Waals surface area (Å²) in [6, 6.07) is 15.7. The van der Waals surface area contributed by atoms with Crippen molar-refractivity contribution in [2.24, 2.45) is 5.41 Å². The van der Waals surface area contributed by atoms with E-state index in [0.29, 0.717) is 12.2 Å². The fourth-order valence-corrected chi connectivity index (χ4v) is 3.79. The number of nitrogens with one attached hydrogen (secondary N) is 1. The first-order valence-corrected chi connectivity index (χ1v) is 11.7. The number of carbonyl (C=O) groups excluding carboxylic acids is 2. The van der Waals surface area contributed by atoms with Gasteiger partial charge in [0.15, 0.2) is 0 Å². The molecule has 0 unspecified atom stereocenters. The standard InChI is InChI=1S/C25H32N2O5S/c1-25(2,17-33-23(30)19-8-6-5-7-9-19)24(31)26-21(22(28)29)14-15-32-16-18-10-12-20(13-11-18)27(3)4/h5-13,21H,14-17H2,1-4H3,(H,26,31)(H,28,29)/t21-/m0/s1. The van der Waals surface area contributed by atoms with E-state index in [2.05, 4.69) is 5.32 Å². The van der Waals surface area contributed by atoms with Gasteiger partial charge in [-0.1, -0.05) is 68.1 Å². The highest BCUT2D eigenvalue weighted by molar-refractivity contribution is 8.14. The molecule has 0 aromatic heterocycles. The Bertz CT molecular complexity index is 930. The van der Waals surface area contributed by atoms with Crippen LogP contribution in [0.3, 0.4) is 0 Å². The lowest BCUT2D eigenvalue weighted by molar-refractivity contribution is -0.143. The molecule has 1 amide bonds. The molecule has 178 valence electrons. The monoisotopic (exact) mass is 472 g/mol. The van der Waals surface area contributed by atoms with Crippen molar-refractivity contribution in [2.45, 2.75) is 32.9 Å². The highest BCUT2D eigenvalue weighted by Crippen LogP contribution is 2.25. The van der Waals surface area contributed by atoms with Gasteiger partial charge in [0.05, 0.1) is 12.0 Å². The Morgan fingerprint density at radius 2 is 1.70 bits per heavy atom. The minimum atomic E-state index is -1.12. The SMILES string of the molecule is CN(C)c1ccc(COCC[C@H](NC(=O)C(C)(C)CSC(=O)c2ccccc2)C(=O)O)cc1. The van der Waals surface area contributed by atoms with E-state index in [1.54, 1.807) is 38.1 Å². The number of aliphatic carboxylic acids is 1. The number of thioether (sulfide) groups is 1. The van der Waals surface area contributed by atoms with Gasteiger partial charge in [0.2, 0.25) is 11.0 Å². The minimum absolute atomic E-state index is 0.127. The average molecular weight is 473 g/mol. The van der Waals surface area contributed by atoms with Gasteiger partial charge in [0.25, 0.3) is 0 Å². The summed E-state index contributed by atoms with van der Waals surface area (Å²) < 4.78 is 5.62. The van der Waals surface area contributed by atoms with Crippen molar-refractivity contribution in [1.82, 2.24) is 5.32 Å². The first kappa shape index (κ1) is 26.4. The molecule has 8 heteroatoms. The number of nitrogens with zero attached hydrogens (tertiary/aromatic N) is 1. The third kappa shape index (κ3) is 8.55. The molecule has 2 aromatic rings. The van der Waals surface area contributed by atoms with Gasteiger partial charge in [0, 0.05) is 44.1 Å². The first-order valence-electron chi connectivity index (χ1n) is 10.7. The summed E-state index contributed by atoms with van der Waals surface area (Å²) >= 11 is 1.05. The Balaban J connectivity index is 1.81. The molecule has 7 nitrogen and oxygen atoms in total. The Morgan fingerprint density at radius 1 is 1.06 bits per heavy atom. The number of carboxylic acids is 1. The van der Waals surface area contributed by atoms with Crippen LogP contribution in [0.1, 0.15) is 36.2 Å². The summed E-state index contributed by atoms with van der Waals surface area (Å²) in [5.41, 5.74) is 1.71. The Labute approximate surface area is 199 Å². The summed E-state index contributed by atoms with van der Waals surface area (Å²) in [6.07, 6.45) is 0.142. The van der Waals surface area contributed by atoms with E-state index in [1.807, 2.05) is 49.3 Å². The molecule has 2 N–H and O–H groups in total. The Hall–Kier alpha value is -2.84. The van der Waals surface area contributed by atoms with Crippen molar-refractivity contribution in [2.75, 3.05) is 31.4 Å². The van der Waals surface area contributed by atoms with Gasteiger partial charge in [-0.3, -0.25) is 9.59 Å². The molecule has 0 saturated heterocycles. The van der Waals surface area contributed by atoms with Gasteiger partial charge < -0.3 is 20.1 Å². The lowest BCUT2D eigenvalue weighted by Crippen LogP contribution is -2.48. The number of anilines is 1. The van der Waals surface area contributed by atoms with Crippen LogP contribution in [0.25, 0.3) is 0 Å². The van der Waals surface area contributed by atoms with E-state index in [0.717, 1.165) is 23.0 Å². The molecule has 1 atom stereocenters. The Morgan fingerprint density at radius 3 is 2.27 bits per heavy atom. The highest BCUT2D eigenvalue weighted by Gasteiger charge is 2.32. The Kier molecular flexibility index (Phi) is 9.94. The third-order valence-electron chi connectivity index (χ3n) is 5.06. The van der Waals surface area contributed by atoms with E-state index in [-0.39, 0.29) is 23.9 Å². The molecule has 0 aliphatic heterocycles. The fourth-order valence-electron chi connectivity index (χ4n) is 2.86. The second-order valence-corrected chi connectivity index (χ2v) is 9.54. The second-order valence-electron chi connectivity index (χ2n) is 8.59. The van der Waals surface area contributed by atoms with Crippen LogP contribution in [0, 0.1) is 5.41 Å². The average Bonchev–Trinajstić information content (AvgIpc) is 2.80. The third-order valence-corrected chi connectivity index (χ3v) is 6.43. The summed E-state index contributed by atoms with van der Waals surface area (Å²) in [4.78, 5) is 38.7. The van der Waals surface area contributed by atoms with Crippen LogP contribution in [-0.4, -0.2) is 54.6 Å². The predicted molar refractivity (Wildman–Crippen MR) is 132 cm³/mol. The normalized spacial score (nSPS) is 12.1. The lowest BCUT2D eigenvalue weighted by atomic mass is 9.94. The van der Waals surface area contributed by atoms with Crippen LogP contribution in [0.4, 0.5) is 5.69 Å². The molecule has 0 radical (unpaired) electrons. The molecule has 0 saturated carbocycles. The summed E-state index contributed by atoms with van der Waals surface area (Å²) in [5.74, 6) is -1.30. The van der Waals surface area contributed by atoms with Crippen LogP contribution < -0.4 is 10.2 Å². The predicted octanol–water partition coefficient (Wildman–Crippen LogP) is 3.83. The maximum Gasteiger partial charge on any atom is 0.326 e. The molecular formula is C25H32N2O5S. The van der Waals surface area contributed by atoms with Crippen molar-refractivity contribution in [1.29, 1.82) is 0 Å². The molecule has 33 heavy (non-hydrogen) atoms. The molecule has 2 rings (SSSR count). The number of benzene rings is 2. The van der Waals surface area contributed by atoms with E-state index in [1.165, 1.54) is 0 Å². The summed E-state index contributed by atoms with van der Waals surface area (Å²) in [7, 11) is 3.93. The van der Waals surface area contributed by atoms with Crippen LogP contribution in [0.2, 0.25) is 0 Å². The molecular weight excluding hydrogens is 440 g/mol. The number of rotatable bonds is 12. The second kappa shape index (κ2) is 12.4. The smallest absolute Gasteiger partial charge is 0.326 e. The van der Waals surface area contributed by atoms with Crippen LogP contribution >= 0.6 is 11.8 Å². The number of carboxylic acid groups (broad SMARTS) is 1. The van der Waals surface area contributed by atoms with Crippen molar-refractivity contribution in [3.05, 3.63) is 65.7 Å². The quantitative estimate of drug-likeness (QED) is 0.453. The van der Waals surface area contributed by atoms with Gasteiger partial charge in [-0.25, -0.2) is 4.79 Å². The van der Waals surface area contributed by atoms with E-state index in [4.69, 9.17) is 4.74 Å². The van der Waals surface area contributed by atoms with Gasteiger partial charge >= 0.3 is 5.97 Å². The van der Waals surface area contributed by atoms with Crippen molar-refractivity contribution >= 4 is 34.4 Å². The van der Waals surface area contributed by atoms with Gasteiger partial charge in [-0.2, -0.15) is 0 Å². The molecule has 0 spiro atoms. The van der Waals surface area contributed by atoms with Crippen molar-refractivity contribution < 1.29 is 24.2 Å². The van der Waals surface area contributed by atoms with Crippen LogP contribution in [-0.2, 0) is 20.9 Å². The number of carbonyl (C=O) groups is 3. The zero-order valence-electron chi connectivity index (χ0n) is 19.5. The number of ether oxygens (including phenoxy) is 1. The van der Waals surface area contributed by atoms with Gasteiger partial charge in [-0.15, -0.1) is 0 Å². The molecule has 0 aliphatic rings. The topological polar surface area (TPSA) is 95.9 Å². The zero-order valence-corrected chi connectivity index (χ0v) is 20.4. The maximum absolute atomic E-state index is 12.7. The van der Waals surface area contributed by atoms with E-state index in [9.17, 15) is 19.5 Å². The van der Waals surface area contributed by atoms with Crippen molar-refractivity contribution in [3.8, 4) is 0 Å². The van der Waals surface area contributed by atoms with Crippen LogP contribution in [0.5, 0.6) is 0 Å². The van der Waals surface area contributed by atoms with Crippen molar-refractivity contribution in [3.63, 3.8) is 0 Å². The fraction of sp³-hybridized carbons (Fsp3) is 0.400. The molecule has 0 aliphatic carbocycles. The van der Waals surface area contributed by atoms with E-state index >= 15 is 0 Å². The zero-order chi connectivity index (χ0) is 24.4. The molecule has 2 aromatic carbocycles. The number of hydrogen-bond donors (Lipinski definition) is 2. The van der Waals surface area contributed by atoms with Crippen LogP contribution in [0.15, 0.2) is 54.6 Å². The summed E-state index contributed by atoms with van der Waals surface area (Å²) in [6.45, 7) is 3.94. The largest absolute Gasteiger partial charge is 0.480 e. The number of hydrogen-bond acceptors (Lipinski definition) is 6. The summed E-state index contributed by atoms with van der Waals surface area (Å²) in [5, 5.41) is 12.0. The van der Waals surface area contributed by atoms with Gasteiger partial charge in [0.1, 0.15) is 6.04 Å². The highest BCUT2D eigenvalue weighted by atomic mass is 32.2. The van der Waals surface area contributed by atoms with Gasteiger partial charge in [-0.05, 0) is 17.7 Å². The lowest BCUT2D eigenvalue weighted by Gasteiger charge is -2.25. The minimum Gasteiger partial charge on any atom is -0.480 e.